The number of nitrogens with two attached hydrogens (primary N) is 1. The Morgan fingerprint density at radius 3 is 2.60 bits per heavy atom. The Kier molecular flexibility index (Phi) is 12.0. The molecule has 0 aromatic carbocycles. The predicted octanol–water partition coefficient (Wildman–Crippen LogP) is -1.61. The molecule has 4 heteroatoms. The number of rotatable bonds is 4. The van der Waals surface area contributed by atoms with Crippen LogP contribution in [0, 0.1) is 0 Å². The Morgan fingerprint density at radius 1 is 1.60 bits per heavy atom. The molecule has 0 aliphatic heterocycles. The Labute approximate surface area is 85.1 Å². The van der Waals surface area contributed by atoms with Gasteiger partial charge in [0, 0.05) is 0 Å². The summed E-state index contributed by atoms with van der Waals surface area (Å²) in [4.78, 5) is 9.96. The molecule has 56 valence electrons. The van der Waals surface area contributed by atoms with Gasteiger partial charge in [0.15, 0.2) is 0 Å². The van der Waals surface area contributed by atoms with Crippen molar-refractivity contribution >= 4 is 6.09 Å². The SMILES string of the molecule is CCCCCOC(N)=O.[H-].[Na+]. The van der Waals surface area contributed by atoms with E-state index in [0.717, 1.165) is 19.3 Å². The van der Waals surface area contributed by atoms with Crippen molar-refractivity contribution in [2.24, 2.45) is 5.73 Å². The third kappa shape index (κ3) is 11.1. The standard InChI is InChI=1S/C6H13NO2.Na.H/c1-2-3-4-5-9-6(7)8;;/h2-5H2,1H3,(H2,7,8);;/q;+1;-1. The molecule has 0 spiro atoms. The molecule has 0 aliphatic carbocycles. The van der Waals surface area contributed by atoms with Crippen molar-refractivity contribution in [2.45, 2.75) is 26.2 Å². The van der Waals surface area contributed by atoms with Gasteiger partial charge in [-0.1, -0.05) is 19.8 Å². The van der Waals surface area contributed by atoms with E-state index < -0.39 is 6.09 Å². The first-order chi connectivity index (χ1) is 4.27. The van der Waals surface area contributed by atoms with Crippen LogP contribution in [-0.2, 0) is 4.74 Å². The predicted molar refractivity (Wildman–Crippen MR) is 36.2 cm³/mol. The van der Waals surface area contributed by atoms with Crippen LogP contribution in [0.25, 0.3) is 0 Å². The van der Waals surface area contributed by atoms with E-state index in [4.69, 9.17) is 5.73 Å². The molecule has 0 radical (unpaired) electrons. The fourth-order valence-electron chi connectivity index (χ4n) is 0.525. The van der Waals surface area contributed by atoms with Gasteiger partial charge in [-0.05, 0) is 6.42 Å². The summed E-state index contributed by atoms with van der Waals surface area (Å²) in [5.74, 6) is 0. The maximum Gasteiger partial charge on any atom is 1.00 e. The second-order valence-electron chi connectivity index (χ2n) is 1.87. The van der Waals surface area contributed by atoms with Crippen LogP contribution in [0.4, 0.5) is 4.79 Å². The summed E-state index contributed by atoms with van der Waals surface area (Å²) in [6.45, 7) is 2.55. The molecule has 0 atom stereocenters. The van der Waals surface area contributed by atoms with Crippen molar-refractivity contribution < 1.29 is 40.5 Å². The molecule has 0 aliphatic rings. The number of hydrogen-bond acceptors (Lipinski definition) is 2. The van der Waals surface area contributed by atoms with Crippen LogP contribution in [0.2, 0.25) is 0 Å². The Morgan fingerprint density at radius 2 is 2.20 bits per heavy atom. The summed E-state index contributed by atoms with van der Waals surface area (Å²) < 4.78 is 4.48. The molecule has 0 unspecified atom stereocenters. The largest absolute Gasteiger partial charge is 1.00 e. The van der Waals surface area contributed by atoms with Crippen LogP contribution in [0.5, 0.6) is 0 Å². The van der Waals surface area contributed by atoms with Gasteiger partial charge in [0.25, 0.3) is 0 Å². The summed E-state index contributed by atoms with van der Waals surface area (Å²) in [7, 11) is 0. The van der Waals surface area contributed by atoms with Crippen molar-refractivity contribution in [2.75, 3.05) is 6.61 Å². The second-order valence-corrected chi connectivity index (χ2v) is 1.87. The normalized spacial score (nSPS) is 8.10. The van der Waals surface area contributed by atoms with Crippen molar-refractivity contribution in [3.63, 3.8) is 0 Å². The van der Waals surface area contributed by atoms with E-state index in [9.17, 15) is 4.79 Å². The maximum atomic E-state index is 9.96. The van der Waals surface area contributed by atoms with E-state index in [1.807, 2.05) is 0 Å². The molecule has 0 aromatic rings. The van der Waals surface area contributed by atoms with Gasteiger partial charge >= 0.3 is 35.7 Å². The molecule has 2 N–H and O–H groups in total. The molecule has 0 heterocycles. The van der Waals surface area contributed by atoms with E-state index in [0.29, 0.717) is 6.61 Å². The number of amides is 1. The van der Waals surface area contributed by atoms with Gasteiger partial charge in [0.1, 0.15) is 0 Å². The molecule has 0 aromatic heterocycles. The minimum atomic E-state index is -0.675. The van der Waals surface area contributed by atoms with Gasteiger partial charge in [-0.25, -0.2) is 4.79 Å². The molecule has 0 saturated heterocycles. The number of unbranched alkanes of at least 4 members (excludes halogenated alkanes) is 2. The van der Waals surface area contributed by atoms with Gasteiger partial charge in [0.2, 0.25) is 0 Å². The summed E-state index contributed by atoms with van der Waals surface area (Å²) in [5, 5.41) is 0. The third-order valence-corrected chi connectivity index (χ3v) is 0.992. The Balaban J connectivity index is -0.000000320. The minimum Gasteiger partial charge on any atom is -1.00 e. The van der Waals surface area contributed by atoms with Crippen molar-refractivity contribution in [3.8, 4) is 0 Å². The molecule has 1 amide bonds. The zero-order valence-electron chi connectivity index (χ0n) is 7.72. The van der Waals surface area contributed by atoms with Crippen LogP contribution in [0.15, 0.2) is 0 Å². The fraction of sp³-hybridized carbons (Fsp3) is 0.833. The first kappa shape index (κ1) is 12.9. The van der Waals surface area contributed by atoms with Crippen LogP contribution in [0.1, 0.15) is 27.6 Å². The quantitative estimate of drug-likeness (QED) is 0.392. The number of hydrogen-bond donors (Lipinski definition) is 1. The Bertz CT molecular complexity index is 92.7. The van der Waals surface area contributed by atoms with Gasteiger partial charge in [-0.15, -0.1) is 0 Å². The monoisotopic (exact) mass is 155 g/mol. The first-order valence-electron chi connectivity index (χ1n) is 3.19. The van der Waals surface area contributed by atoms with Gasteiger partial charge in [-0.3, -0.25) is 0 Å². The average molecular weight is 155 g/mol. The van der Waals surface area contributed by atoms with Crippen molar-refractivity contribution in [1.29, 1.82) is 0 Å². The molecule has 10 heavy (non-hydrogen) atoms. The van der Waals surface area contributed by atoms with E-state index >= 15 is 0 Å². The molecule has 0 fully saturated rings. The first-order valence-corrected chi connectivity index (χ1v) is 3.19. The molecular weight excluding hydrogens is 141 g/mol. The zero-order chi connectivity index (χ0) is 7.11. The zero-order valence-corrected chi connectivity index (χ0v) is 8.72. The maximum absolute atomic E-state index is 9.96. The average Bonchev–Trinajstić information content (AvgIpc) is 1.80. The van der Waals surface area contributed by atoms with Gasteiger partial charge < -0.3 is 11.9 Å². The molecule has 0 saturated carbocycles. The number of carbonyl (C=O) groups is 1. The topological polar surface area (TPSA) is 52.3 Å². The summed E-state index contributed by atoms with van der Waals surface area (Å²) in [6.07, 6.45) is 2.46. The van der Waals surface area contributed by atoms with Crippen LogP contribution in [-0.4, -0.2) is 12.7 Å². The van der Waals surface area contributed by atoms with E-state index in [1.54, 1.807) is 0 Å². The van der Waals surface area contributed by atoms with E-state index in [1.165, 1.54) is 0 Å². The number of carbonyl (C=O) groups excluding carboxylic acids is 1. The summed E-state index contributed by atoms with van der Waals surface area (Å²) in [6, 6.07) is 0. The van der Waals surface area contributed by atoms with Crippen molar-refractivity contribution in [3.05, 3.63) is 0 Å². The van der Waals surface area contributed by atoms with Crippen LogP contribution >= 0.6 is 0 Å². The summed E-state index contributed by atoms with van der Waals surface area (Å²) >= 11 is 0. The molecule has 0 rings (SSSR count). The van der Waals surface area contributed by atoms with Crippen molar-refractivity contribution in [1.82, 2.24) is 0 Å². The molecular formula is C6H14NNaO2. The third-order valence-electron chi connectivity index (χ3n) is 0.992. The van der Waals surface area contributed by atoms with Gasteiger partial charge in [0.05, 0.1) is 6.61 Å². The fourth-order valence-corrected chi connectivity index (χ4v) is 0.525. The van der Waals surface area contributed by atoms with Crippen LogP contribution < -0.4 is 35.3 Å². The Hall–Kier alpha value is 0.270. The van der Waals surface area contributed by atoms with E-state index in [2.05, 4.69) is 11.7 Å². The molecule has 0 bridgehead atoms. The van der Waals surface area contributed by atoms with Gasteiger partial charge in [-0.2, -0.15) is 0 Å². The second kappa shape index (κ2) is 9.27. The van der Waals surface area contributed by atoms with Crippen LogP contribution in [0.3, 0.4) is 0 Å². The number of primary amides is 1. The minimum absolute atomic E-state index is 0. The summed E-state index contributed by atoms with van der Waals surface area (Å²) in [5.41, 5.74) is 4.71. The van der Waals surface area contributed by atoms with E-state index in [-0.39, 0.29) is 31.0 Å². The number of ether oxygens (including phenoxy) is 1. The smallest absolute Gasteiger partial charge is 1.00 e. The molecule has 3 nitrogen and oxygen atoms in total.